The predicted molar refractivity (Wildman–Crippen MR) is 219 cm³/mol. The molecule has 254 valence electrons. The van der Waals surface area contributed by atoms with Crippen molar-refractivity contribution >= 4 is 45.7 Å². The van der Waals surface area contributed by atoms with Crippen LogP contribution in [0.2, 0.25) is 0 Å². The van der Waals surface area contributed by atoms with Crippen LogP contribution in [0.5, 0.6) is 0 Å². The van der Waals surface area contributed by atoms with Gasteiger partial charge in [-0.2, -0.15) is 0 Å². The average Bonchev–Trinajstić information content (AvgIpc) is 3.35. The minimum atomic E-state index is -0.101. The molecule has 0 spiro atoms. The van der Waals surface area contributed by atoms with E-state index >= 15 is 0 Å². The van der Waals surface area contributed by atoms with E-state index in [0.29, 0.717) is 0 Å². The first-order valence-corrected chi connectivity index (χ1v) is 18.8. The van der Waals surface area contributed by atoms with Crippen molar-refractivity contribution in [3.05, 3.63) is 155 Å². The number of rotatable bonds is 4. The molecule has 1 aliphatic carbocycles. The van der Waals surface area contributed by atoms with Gasteiger partial charge in [-0.1, -0.05) is 117 Å². The highest BCUT2D eigenvalue weighted by atomic mass is 15.2. The van der Waals surface area contributed by atoms with E-state index in [4.69, 9.17) is 0 Å². The largest absolute Gasteiger partial charge is 0.336 e. The zero-order valence-corrected chi connectivity index (χ0v) is 30.9. The van der Waals surface area contributed by atoms with E-state index in [2.05, 4.69) is 185 Å². The Morgan fingerprint density at radius 1 is 0.490 bits per heavy atom. The molecule has 0 amide bonds. The van der Waals surface area contributed by atoms with Crippen LogP contribution in [0, 0.1) is 0 Å². The average molecular weight is 665 g/mol. The van der Waals surface area contributed by atoms with E-state index in [1.807, 2.05) is 0 Å². The number of hydrogen-bond donors (Lipinski definition) is 0. The number of fused-ring (bicyclic) bond motifs is 6. The molecule has 2 aliphatic heterocycles. The topological polar surface area (TPSA) is 6.48 Å². The molecular weight excluding hydrogens is 617 g/mol. The van der Waals surface area contributed by atoms with E-state index in [1.54, 1.807) is 0 Å². The third-order valence-corrected chi connectivity index (χ3v) is 12.3. The summed E-state index contributed by atoms with van der Waals surface area (Å²) in [6, 6.07) is 45.7. The normalized spacial score (nSPS) is 18.0. The molecule has 51 heavy (non-hydrogen) atoms. The number of nitrogens with zero attached hydrogens (tertiary/aromatic N) is 2. The van der Waals surface area contributed by atoms with Gasteiger partial charge in [-0.05, 0) is 134 Å². The van der Waals surface area contributed by atoms with E-state index in [1.165, 1.54) is 78.0 Å². The van der Waals surface area contributed by atoms with Crippen LogP contribution in [0.4, 0.5) is 22.7 Å². The van der Waals surface area contributed by atoms with Crippen LogP contribution in [0.15, 0.2) is 121 Å². The summed E-state index contributed by atoms with van der Waals surface area (Å²) < 4.78 is 0. The second-order valence-corrected chi connectivity index (χ2v) is 16.8. The van der Waals surface area contributed by atoms with Crippen LogP contribution >= 0.6 is 0 Å². The van der Waals surface area contributed by atoms with Gasteiger partial charge in [0, 0.05) is 44.6 Å². The summed E-state index contributed by atoms with van der Waals surface area (Å²) in [5.74, 6) is 0. The molecule has 2 nitrogen and oxygen atoms in total. The van der Waals surface area contributed by atoms with Gasteiger partial charge in [0.1, 0.15) is 0 Å². The molecule has 0 atom stereocenters. The van der Waals surface area contributed by atoms with Crippen molar-refractivity contribution in [2.75, 3.05) is 9.80 Å². The van der Waals surface area contributed by atoms with Crippen LogP contribution in [0.3, 0.4) is 0 Å². The lowest BCUT2D eigenvalue weighted by molar-refractivity contribution is 0.447. The second-order valence-electron chi connectivity index (χ2n) is 16.8. The van der Waals surface area contributed by atoms with Gasteiger partial charge in [0.2, 0.25) is 0 Å². The molecule has 9 rings (SSSR count). The Morgan fingerprint density at radius 3 is 1.78 bits per heavy atom. The lowest BCUT2D eigenvalue weighted by Gasteiger charge is -2.45. The molecule has 0 unspecified atom stereocenters. The Hall–Kier alpha value is -5.08. The quantitative estimate of drug-likeness (QED) is 0.173. The van der Waals surface area contributed by atoms with Crippen molar-refractivity contribution in [3.8, 4) is 11.1 Å². The van der Waals surface area contributed by atoms with Gasteiger partial charge in [0.25, 0.3) is 0 Å². The highest BCUT2D eigenvalue weighted by Crippen LogP contribution is 2.52. The maximum atomic E-state index is 2.58. The van der Waals surface area contributed by atoms with E-state index < -0.39 is 0 Å². The maximum absolute atomic E-state index is 2.58. The highest BCUT2D eigenvalue weighted by molar-refractivity contribution is 6.02. The van der Waals surface area contributed by atoms with Gasteiger partial charge in [-0.3, -0.25) is 0 Å². The summed E-state index contributed by atoms with van der Waals surface area (Å²) in [6.45, 7) is 14.3. The Bertz CT molecular complexity index is 2370. The first-order chi connectivity index (χ1) is 24.5. The predicted octanol–water partition coefficient (Wildman–Crippen LogP) is 13.0. The van der Waals surface area contributed by atoms with E-state index in [0.717, 1.165) is 25.7 Å². The fraction of sp³-hybridized carbons (Fsp3) is 0.265. The molecule has 0 saturated carbocycles. The molecule has 2 heteroatoms. The molecule has 3 aliphatic rings. The zero-order chi connectivity index (χ0) is 35.1. The fourth-order valence-corrected chi connectivity index (χ4v) is 9.41. The Morgan fingerprint density at radius 2 is 1.06 bits per heavy atom. The number of anilines is 4. The SMILES string of the molecule is CC1(C)c2cc(/C=C/c3cccc4c(N5c6ccccc6CCC5(C)C)cccc34)ccc2-c2ccc(N3c4ccccc4CCC3(C)C)cc21. The van der Waals surface area contributed by atoms with Gasteiger partial charge < -0.3 is 9.80 Å². The summed E-state index contributed by atoms with van der Waals surface area (Å²) >= 11 is 0. The van der Waals surface area contributed by atoms with Gasteiger partial charge in [0.15, 0.2) is 0 Å². The summed E-state index contributed by atoms with van der Waals surface area (Å²) in [5.41, 5.74) is 16.1. The van der Waals surface area contributed by atoms with Crippen molar-refractivity contribution < 1.29 is 0 Å². The van der Waals surface area contributed by atoms with Crippen molar-refractivity contribution in [1.82, 2.24) is 0 Å². The molecule has 0 aromatic heterocycles. The first kappa shape index (κ1) is 31.9. The summed E-state index contributed by atoms with van der Waals surface area (Å²) in [5, 5.41) is 2.58. The van der Waals surface area contributed by atoms with Gasteiger partial charge in [-0.15, -0.1) is 0 Å². The monoisotopic (exact) mass is 664 g/mol. The lowest BCUT2D eigenvalue weighted by Crippen LogP contribution is -2.44. The molecule has 0 radical (unpaired) electrons. The standard InChI is InChI=1S/C49H48N2/c1-47(2)29-27-35-13-7-9-18-44(35)50(47)37-24-26-40-39-25-22-33(31-42(39)49(5,6)43(40)32-37)21-23-34-15-11-17-41-38(34)16-12-20-46(41)51-45-19-10-8-14-36(45)28-30-48(51,3)4/h7-26,31-32H,27-30H2,1-6H3/b23-21+. The van der Waals surface area contributed by atoms with Crippen molar-refractivity contribution in [1.29, 1.82) is 0 Å². The second kappa shape index (κ2) is 11.5. The van der Waals surface area contributed by atoms with Crippen molar-refractivity contribution in [2.45, 2.75) is 83.7 Å². The minimum Gasteiger partial charge on any atom is -0.336 e. The van der Waals surface area contributed by atoms with Gasteiger partial charge in [-0.25, -0.2) is 0 Å². The number of para-hydroxylation sites is 2. The maximum Gasteiger partial charge on any atom is 0.0495 e. The molecule has 0 fully saturated rings. The molecule has 6 aromatic rings. The smallest absolute Gasteiger partial charge is 0.0495 e. The Labute approximate surface area is 304 Å². The van der Waals surface area contributed by atoms with Crippen LogP contribution in [0.25, 0.3) is 34.1 Å². The molecule has 2 heterocycles. The molecule has 0 saturated heterocycles. The van der Waals surface area contributed by atoms with Gasteiger partial charge in [0.05, 0.1) is 0 Å². The number of hydrogen-bond acceptors (Lipinski definition) is 2. The first-order valence-electron chi connectivity index (χ1n) is 18.8. The van der Waals surface area contributed by atoms with Crippen LogP contribution < -0.4 is 9.80 Å². The lowest BCUT2D eigenvalue weighted by atomic mass is 9.81. The van der Waals surface area contributed by atoms with Crippen molar-refractivity contribution in [3.63, 3.8) is 0 Å². The Balaban J connectivity index is 1.06. The third-order valence-electron chi connectivity index (χ3n) is 12.3. The van der Waals surface area contributed by atoms with E-state index in [9.17, 15) is 0 Å². The molecule has 0 bridgehead atoms. The number of aryl methyl sites for hydroxylation is 2. The third kappa shape index (κ3) is 5.06. The van der Waals surface area contributed by atoms with E-state index in [-0.39, 0.29) is 16.5 Å². The molecular formula is C49H48N2. The summed E-state index contributed by atoms with van der Waals surface area (Å²) in [6.07, 6.45) is 9.13. The van der Waals surface area contributed by atoms with Crippen molar-refractivity contribution in [2.24, 2.45) is 0 Å². The van der Waals surface area contributed by atoms with Crippen LogP contribution in [-0.4, -0.2) is 11.1 Å². The zero-order valence-electron chi connectivity index (χ0n) is 30.9. The fourth-order valence-electron chi connectivity index (χ4n) is 9.41. The Kier molecular flexibility index (Phi) is 7.17. The summed E-state index contributed by atoms with van der Waals surface area (Å²) in [4.78, 5) is 5.17. The van der Waals surface area contributed by atoms with Gasteiger partial charge >= 0.3 is 0 Å². The van der Waals surface area contributed by atoms with Crippen LogP contribution in [-0.2, 0) is 18.3 Å². The molecule has 6 aromatic carbocycles. The molecule has 0 N–H and O–H groups in total. The minimum absolute atomic E-state index is 0.0263. The van der Waals surface area contributed by atoms with Crippen LogP contribution in [0.1, 0.15) is 87.8 Å². The highest BCUT2D eigenvalue weighted by Gasteiger charge is 2.39. The summed E-state index contributed by atoms with van der Waals surface area (Å²) in [7, 11) is 0. The number of benzene rings is 6.